The molecule has 0 saturated heterocycles. The first-order chi connectivity index (χ1) is 17.6. The summed E-state index contributed by atoms with van der Waals surface area (Å²) in [4.78, 5) is 14.7. The number of aromatic nitrogens is 2. The third-order valence-corrected chi connectivity index (χ3v) is 7.16. The smallest absolute Gasteiger partial charge is 0.435 e. The molecule has 3 aromatic rings. The lowest BCUT2D eigenvalue weighted by atomic mass is 9.74. The summed E-state index contributed by atoms with van der Waals surface area (Å²) >= 11 is 0. The van der Waals surface area contributed by atoms with Gasteiger partial charge in [-0.15, -0.1) is 0 Å². The summed E-state index contributed by atoms with van der Waals surface area (Å²) in [5, 5.41) is 6.02. The molecule has 0 fully saturated rings. The fourth-order valence-corrected chi connectivity index (χ4v) is 5.72. The first-order valence-electron chi connectivity index (χ1n) is 12.9. The van der Waals surface area contributed by atoms with Crippen LogP contribution in [0.5, 0.6) is 5.75 Å². The maximum atomic E-state index is 13.6. The Morgan fingerprint density at radius 3 is 2.45 bits per heavy atom. The Labute approximate surface area is 221 Å². The van der Waals surface area contributed by atoms with Crippen LogP contribution in [-0.2, 0) is 29.3 Å². The van der Waals surface area contributed by atoms with Gasteiger partial charge >= 0.3 is 12.3 Å². The second-order valence-electron chi connectivity index (χ2n) is 11.6. The molecule has 0 atom stereocenters. The quantitative estimate of drug-likeness (QED) is 0.335. The van der Waals surface area contributed by atoms with Crippen LogP contribution < -0.4 is 4.74 Å². The summed E-state index contributed by atoms with van der Waals surface area (Å²) in [6, 6.07) is 11.8. The minimum absolute atomic E-state index is 0.0258. The molecule has 2 heterocycles. The zero-order chi connectivity index (χ0) is 28.0. The van der Waals surface area contributed by atoms with E-state index < -0.39 is 23.6 Å². The molecule has 206 valence electrons. The minimum Gasteiger partial charge on any atom is -0.497 e. The van der Waals surface area contributed by atoms with Crippen LogP contribution in [0.4, 0.5) is 18.0 Å². The molecule has 9 heteroatoms. The van der Waals surface area contributed by atoms with Crippen LogP contribution in [0.1, 0.15) is 76.5 Å². The highest BCUT2D eigenvalue weighted by Gasteiger charge is 2.42. The third kappa shape index (κ3) is 5.47. The van der Waals surface area contributed by atoms with E-state index in [1.807, 2.05) is 38.1 Å². The molecule has 0 radical (unpaired) electrons. The standard InChI is InChI=1S/C29H36F3N3O3/c1-18(2)35-24-16-34(14-13-21(24)25(33-35)29(30,31)32)26(36)38-28(5,6)17-27(3,4)23-10-8-9-19-11-12-20(37-7)15-22(19)23/h8-12,15,18H,13-14,16-17H2,1-7H3. The Morgan fingerprint density at radius 2 is 1.82 bits per heavy atom. The Kier molecular flexibility index (Phi) is 7.18. The van der Waals surface area contributed by atoms with Crippen molar-refractivity contribution in [2.24, 2.45) is 0 Å². The summed E-state index contributed by atoms with van der Waals surface area (Å²) in [6.45, 7) is 11.7. The predicted molar refractivity (Wildman–Crippen MR) is 140 cm³/mol. The molecule has 4 rings (SSSR count). The van der Waals surface area contributed by atoms with Gasteiger partial charge in [0.1, 0.15) is 11.4 Å². The maximum Gasteiger partial charge on any atom is 0.435 e. The summed E-state index contributed by atoms with van der Waals surface area (Å²) in [5.74, 6) is 0.769. The van der Waals surface area contributed by atoms with Gasteiger partial charge in [0.05, 0.1) is 19.3 Å². The number of carbonyl (C=O) groups excluding carboxylic acids is 1. The number of hydrogen-bond donors (Lipinski definition) is 0. The van der Waals surface area contributed by atoms with Crippen molar-refractivity contribution in [1.29, 1.82) is 0 Å². The molecule has 1 aromatic heterocycles. The maximum absolute atomic E-state index is 13.6. The number of alkyl halides is 3. The average molecular weight is 532 g/mol. The summed E-state index contributed by atoms with van der Waals surface area (Å²) in [7, 11) is 1.64. The van der Waals surface area contributed by atoms with Gasteiger partial charge in [-0.3, -0.25) is 4.68 Å². The number of rotatable bonds is 6. The SMILES string of the molecule is COc1ccc2cccc(C(C)(C)CC(C)(C)OC(=O)N3CCc4c(C(F)(F)F)nn(C(C)C)c4C3)c2c1. The average Bonchev–Trinajstić information content (AvgIpc) is 3.22. The number of methoxy groups -OCH3 is 1. The van der Waals surface area contributed by atoms with Crippen molar-refractivity contribution in [3.63, 3.8) is 0 Å². The molecule has 0 N–H and O–H groups in total. The largest absolute Gasteiger partial charge is 0.497 e. The summed E-state index contributed by atoms with van der Waals surface area (Å²) in [5.41, 5.74) is -0.357. The van der Waals surface area contributed by atoms with Crippen molar-refractivity contribution in [2.75, 3.05) is 13.7 Å². The number of amides is 1. The number of fused-ring (bicyclic) bond motifs is 2. The molecule has 1 amide bonds. The molecule has 1 aliphatic heterocycles. The van der Waals surface area contributed by atoms with Crippen molar-refractivity contribution in [3.05, 3.63) is 58.9 Å². The molecular formula is C29H36F3N3O3. The van der Waals surface area contributed by atoms with Crippen LogP contribution in [0.15, 0.2) is 36.4 Å². The normalized spacial score (nSPS) is 14.7. The van der Waals surface area contributed by atoms with E-state index in [0.29, 0.717) is 12.1 Å². The zero-order valence-corrected chi connectivity index (χ0v) is 23.1. The summed E-state index contributed by atoms with van der Waals surface area (Å²) < 4.78 is 53.5. The Hall–Kier alpha value is -3.23. The highest BCUT2D eigenvalue weighted by Crippen LogP contribution is 2.40. The van der Waals surface area contributed by atoms with Crippen molar-refractivity contribution in [1.82, 2.24) is 14.7 Å². The van der Waals surface area contributed by atoms with Crippen LogP contribution in [0.3, 0.4) is 0 Å². The molecule has 0 bridgehead atoms. The van der Waals surface area contributed by atoms with E-state index in [2.05, 4.69) is 31.1 Å². The number of hydrogen-bond acceptors (Lipinski definition) is 4. The molecular weight excluding hydrogens is 495 g/mol. The van der Waals surface area contributed by atoms with Gasteiger partial charge in [-0.25, -0.2) is 4.79 Å². The Morgan fingerprint density at radius 1 is 1.11 bits per heavy atom. The van der Waals surface area contributed by atoms with Gasteiger partial charge in [-0.2, -0.15) is 18.3 Å². The van der Waals surface area contributed by atoms with E-state index in [4.69, 9.17) is 9.47 Å². The highest BCUT2D eigenvalue weighted by molar-refractivity contribution is 5.88. The molecule has 0 aliphatic carbocycles. The highest BCUT2D eigenvalue weighted by atomic mass is 19.4. The van der Waals surface area contributed by atoms with Crippen LogP contribution in [-0.4, -0.2) is 40.0 Å². The van der Waals surface area contributed by atoms with E-state index in [1.165, 1.54) is 9.58 Å². The van der Waals surface area contributed by atoms with E-state index in [-0.39, 0.29) is 36.5 Å². The molecule has 1 aliphatic rings. The van der Waals surface area contributed by atoms with E-state index >= 15 is 0 Å². The first kappa shape index (κ1) is 27.8. The molecule has 0 unspecified atom stereocenters. The topological polar surface area (TPSA) is 56.6 Å². The molecule has 2 aromatic carbocycles. The van der Waals surface area contributed by atoms with E-state index in [1.54, 1.807) is 21.0 Å². The summed E-state index contributed by atoms with van der Waals surface area (Å²) in [6.07, 6.45) is -4.47. The van der Waals surface area contributed by atoms with Crippen molar-refractivity contribution in [3.8, 4) is 5.75 Å². The number of nitrogens with zero attached hydrogens (tertiary/aromatic N) is 3. The van der Waals surface area contributed by atoms with Gasteiger partial charge in [-0.1, -0.05) is 38.1 Å². The van der Waals surface area contributed by atoms with Gasteiger partial charge in [0.2, 0.25) is 0 Å². The number of ether oxygens (including phenoxy) is 2. The van der Waals surface area contributed by atoms with Gasteiger partial charge in [-0.05, 0) is 74.4 Å². The van der Waals surface area contributed by atoms with Crippen LogP contribution in [0.25, 0.3) is 10.8 Å². The predicted octanol–water partition coefficient (Wildman–Crippen LogP) is 7.29. The van der Waals surface area contributed by atoms with Crippen molar-refractivity contribution < 1.29 is 27.4 Å². The molecule has 6 nitrogen and oxygen atoms in total. The second-order valence-corrected chi connectivity index (χ2v) is 11.6. The van der Waals surface area contributed by atoms with Crippen molar-refractivity contribution >= 4 is 16.9 Å². The Balaban J connectivity index is 1.54. The van der Waals surface area contributed by atoms with E-state index in [9.17, 15) is 18.0 Å². The van der Waals surface area contributed by atoms with Gasteiger partial charge in [0.15, 0.2) is 5.69 Å². The molecule has 38 heavy (non-hydrogen) atoms. The fourth-order valence-electron chi connectivity index (χ4n) is 5.72. The van der Waals surface area contributed by atoms with Crippen LogP contribution in [0.2, 0.25) is 0 Å². The van der Waals surface area contributed by atoms with E-state index in [0.717, 1.165) is 22.1 Å². The van der Waals surface area contributed by atoms with Gasteiger partial charge in [0.25, 0.3) is 0 Å². The second kappa shape index (κ2) is 9.82. The monoisotopic (exact) mass is 531 g/mol. The van der Waals surface area contributed by atoms with Crippen LogP contribution >= 0.6 is 0 Å². The van der Waals surface area contributed by atoms with Crippen molar-refractivity contribution in [2.45, 2.75) is 84.2 Å². The van der Waals surface area contributed by atoms with Gasteiger partial charge in [0, 0.05) is 18.2 Å². The lowest BCUT2D eigenvalue weighted by molar-refractivity contribution is -0.142. The lowest BCUT2D eigenvalue weighted by Crippen LogP contribution is -2.43. The Bertz CT molecular complexity index is 1340. The number of halogens is 3. The fraction of sp³-hybridized carbons (Fsp3) is 0.517. The first-order valence-corrected chi connectivity index (χ1v) is 12.9. The molecule has 0 saturated carbocycles. The number of carbonyl (C=O) groups is 1. The number of benzene rings is 2. The minimum atomic E-state index is -4.54. The van der Waals surface area contributed by atoms with Crippen LogP contribution in [0, 0.1) is 0 Å². The molecule has 0 spiro atoms. The zero-order valence-electron chi connectivity index (χ0n) is 23.1. The van der Waals surface area contributed by atoms with Gasteiger partial charge < -0.3 is 14.4 Å². The third-order valence-electron chi connectivity index (χ3n) is 7.16. The lowest BCUT2D eigenvalue weighted by Gasteiger charge is -2.37.